The minimum absolute atomic E-state index is 0.168. The zero-order chi connectivity index (χ0) is 10.7. The predicted molar refractivity (Wildman–Crippen MR) is 61.3 cm³/mol. The van der Waals surface area contributed by atoms with Gasteiger partial charge in [-0.05, 0) is 6.92 Å². The number of fused-ring (bicyclic) bond motifs is 1. The van der Waals surface area contributed by atoms with Gasteiger partial charge >= 0.3 is 0 Å². The Hall–Kier alpha value is -0.910. The number of nitrogens with one attached hydrogen (secondary N) is 1. The molecule has 0 radical (unpaired) electrons. The van der Waals surface area contributed by atoms with Gasteiger partial charge in [0.25, 0.3) is 0 Å². The van der Waals surface area contributed by atoms with Crippen LogP contribution in [0.3, 0.4) is 0 Å². The fourth-order valence-electron chi connectivity index (χ4n) is 1.46. The number of imidazole rings is 1. The Bertz CT molecular complexity index is 423. The molecule has 4 nitrogen and oxygen atoms in total. The van der Waals surface area contributed by atoms with Gasteiger partial charge in [-0.2, -0.15) is 0 Å². The standard InChI is InChI=1S/C10H15N3OS/c1-8(6-14)11-3-2-9-7-15-10-12-4-5-13(9)10/h4-5,7-8,11,14H,2-3,6H2,1H3. The van der Waals surface area contributed by atoms with Crippen molar-refractivity contribution in [3.05, 3.63) is 23.5 Å². The molecule has 0 spiro atoms. The van der Waals surface area contributed by atoms with Gasteiger partial charge in [-0.15, -0.1) is 11.3 Å². The first-order chi connectivity index (χ1) is 7.31. The minimum atomic E-state index is 0.168. The Morgan fingerprint density at radius 3 is 3.33 bits per heavy atom. The van der Waals surface area contributed by atoms with E-state index in [0.29, 0.717) is 0 Å². The van der Waals surface area contributed by atoms with E-state index >= 15 is 0 Å². The minimum Gasteiger partial charge on any atom is -0.395 e. The van der Waals surface area contributed by atoms with E-state index in [1.807, 2.05) is 19.3 Å². The van der Waals surface area contributed by atoms with Crippen molar-refractivity contribution in [3.63, 3.8) is 0 Å². The van der Waals surface area contributed by atoms with Crippen LogP contribution in [0.1, 0.15) is 12.6 Å². The van der Waals surface area contributed by atoms with Crippen molar-refractivity contribution in [3.8, 4) is 0 Å². The van der Waals surface area contributed by atoms with E-state index in [0.717, 1.165) is 17.9 Å². The predicted octanol–water partition coefficient (Wildman–Crippen LogP) is 0.909. The van der Waals surface area contributed by atoms with Crippen LogP contribution >= 0.6 is 11.3 Å². The van der Waals surface area contributed by atoms with E-state index in [4.69, 9.17) is 5.11 Å². The third-order valence-electron chi connectivity index (χ3n) is 2.36. The number of nitrogens with zero attached hydrogens (tertiary/aromatic N) is 2. The van der Waals surface area contributed by atoms with Gasteiger partial charge in [0, 0.05) is 42.5 Å². The van der Waals surface area contributed by atoms with Crippen LogP contribution in [0.5, 0.6) is 0 Å². The monoisotopic (exact) mass is 225 g/mol. The van der Waals surface area contributed by atoms with Gasteiger partial charge in [0.1, 0.15) is 0 Å². The summed E-state index contributed by atoms with van der Waals surface area (Å²) in [5, 5.41) is 14.2. The average Bonchev–Trinajstić information content (AvgIpc) is 2.81. The highest BCUT2D eigenvalue weighted by Crippen LogP contribution is 2.14. The highest BCUT2D eigenvalue weighted by molar-refractivity contribution is 7.15. The third-order valence-corrected chi connectivity index (χ3v) is 3.27. The number of thiazole rings is 1. The Kier molecular flexibility index (Phi) is 3.35. The Labute approximate surface area is 92.6 Å². The van der Waals surface area contributed by atoms with Gasteiger partial charge in [0.05, 0.1) is 6.61 Å². The number of hydrogen-bond donors (Lipinski definition) is 2. The molecule has 2 rings (SSSR count). The van der Waals surface area contributed by atoms with E-state index < -0.39 is 0 Å². The summed E-state index contributed by atoms with van der Waals surface area (Å²) in [6.07, 6.45) is 4.76. The first kappa shape index (κ1) is 10.6. The number of aromatic nitrogens is 2. The zero-order valence-electron chi connectivity index (χ0n) is 8.68. The van der Waals surface area contributed by atoms with Crippen LogP contribution in [0, 0.1) is 0 Å². The molecule has 2 aromatic heterocycles. The smallest absolute Gasteiger partial charge is 0.193 e. The van der Waals surface area contributed by atoms with Crippen molar-refractivity contribution in [2.45, 2.75) is 19.4 Å². The molecule has 0 aliphatic rings. The topological polar surface area (TPSA) is 49.6 Å². The van der Waals surface area contributed by atoms with Gasteiger partial charge < -0.3 is 10.4 Å². The number of rotatable bonds is 5. The molecule has 1 atom stereocenters. The van der Waals surface area contributed by atoms with Crippen molar-refractivity contribution < 1.29 is 5.11 Å². The number of hydrogen-bond acceptors (Lipinski definition) is 4. The Morgan fingerprint density at radius 1 is 1.67 bits per heavy atom. The molecule has 0 amide bonds. The Balaban J connectivity index is 1.92. The fraction of sp³-hybridized carbons (Fsp3) is 0.500. The second kappa shape index (κ2) is 4.74. The first-order valence-electron chi connectivity index (χ1n) is 5.05. The molecule has 0 saturated carbocycles. The van der Waals surface area contributed by atoms with Gasteiger partial charge in [0.15, 0.2) is 4.96 Å². The van der Waals surface area contributed by atoms with E-state index in [-0.39, 0.29) is 12.6 Å². The third kappa shape index (κ3) is 2.37. The molecule has 1 unspecified atom stereocenters. The highest BCUT2D eigenvalue weighted by atomic mass is 32.1. The normalized spacial score (nSPS) is 13.5. The summed E-state index contributed by atoms with van der Waals surface area (Å²) < 4.78 is 2.11. The van der Waals surface area contributed by atoms with Crippen molar-refractivity contribution >= 4 is 16.3 Å². The molecule has 2 N–H and O–H groups in total. The largest absolute Gasteiger partial charge is 0.395 e. The van der Waals surface area contributed by atoms with Crippen molar-refractivity contribution in [1.29, 1.82) is 0 Å². The molecule has 0 aromatic carbocycles. The summed E-state index contributed by atoms with van der Waals surface area (Å²) in [5.41, 5.74) is 1.27. The van der Waals surface area contributed by atoms with Gasteiger partial charge in [-0.3, -0.25) is 4.40 Å². The lowest BCUT2D eigenvalue weighted by molar-refractivity contribution is 0.252. The lowest BCUT2D eigenvalue weighted by Gasteiger charge is -2.09. The molecule has 5 heteroatoms. The van der Waals surface area contributed by atoms with Crippen LogP contribution in [0.25, 0.3) is 4.96 Å². The molecule has 2 heterocycles. The Morgan fingerprint density at radius 2 is 2.53 bits per heavy atom. The molecule has 0 aliphatic heterocycles. The van der Waals surface area contributed by atoms with E-state index in [1.165, 1.54) is 5.69 Å². The quantitative estimate of drug-likeness (QED) is 0.795. The SMILES string of the molecule is CC(CO)NCCc1csc2nccn12. The maximum atomic E-state index is 8.86. The summed E-state index contributed by atoms with van der Waals surface area (Å²) in [5.74, 6) is 0. The maximum Gasteiger partial charge on any atom is 0.193 e. The number of aliphatic hydroxyl groups excluding tert-OH is 1. The zero-order valence-corrected chi connectivity index (χ0v) is 9.50. The molecule has 82 valence electrons. The molecule has 0 bridgehead atoms. The molecule has 0 saturated heterocycles. The van der Waals surface area contributed by atoms with Gasteiger partial charge in [-0.25, -0.2) is 4.98 Å². The second-order valence-corrected chi connectivity index (χ2v) is 4.43. The molecule has 15 heavy (non-hydrogen) atoms. The molecular formula is C10H15N3OS. The molecule has 0 aliphatic carbocycles. The van der Waals surface area contributed by atoms with E-state index in [1.54, 1.807) is 11.3 Å². The molecular weight excluding hydrogens is 210 g/mol. The number of aliphatic hydroxyl groups is 1. The highest BCUT2D eigenvalue weighted by Gasteiger charge is 2.04. The first-order valence-corrected chi connectivity index (χ1v) is 5.93. The van der Waals surface area contributed by atoms with Crippen LogP contribution in [-0.2, 0) is 6.42 Å². The lowest BCUT2D eigenvalue weighted by atomic mass is 10.3. The van der Waals surface area contributed by atoms with Gasteiger partial charge in [0.2, 0.25) is 0 Å². The molecule has 0 fully saturated rings. The second-order valence-electron chi connectivity index (χ2n) is 3.59. The summed E-state index contributed by atoms with van der Waals surface area (Å²) in [7, 11) is 0. The van der Waals surface area contributed by atoms with Crippen LogP contribution in [0.15, 0.2) is 17.8 Å². The molecule has 2 aromatic rings. The average molecular weight is 225 g/mol. The van der Waals surface area contributed by atoms with Crippen LogP contribution < -0.4 is 5.32 Å². The van der Waals surface area contributed by atoms with Crippen LogP contribution in [-0.4, -0.2) is 33.7 Å². The van der Waals surface area contributed by atoms with Gasteiger partial charge in [-0.1, -0.05) is 0 Å². The van der Waals surface area contributed by atoms with E-state index in [2.05, 4.69) is 20.1 Å². The van der Waals surface area contributed by atoms with E-state index in [9.17, 15) is 0 Å². The summed E-state index contributed by atoms with van der Waals surface area (Å²) in [6.45, 7) is 3.04. The summed E-state index contributed by atoms with van der Waals surface area (Å²) in [4.78, 5) is 5.26. The summed E-state index contributed by atoms with van der Waals surface area (Å²) >= 11 is 1.66. The van der Waals surface area contributed by atoms with Crippen LogP contribution in [0.4, 0.5) is 0 Å². The van der Waals surface area contributed by atoms with Crippen molar-refractivity contribution in [1.82, 2.24) is 14.7 Å². The lowest BCUT2D eigenvalue weighted by Crippen LogP contribution is -2.31. The van der Waals surface area contributed by atoms with Crippen LogP contribution in [0.2, 0.25) is 0 Å². The van der Waals surface area contributed by atoms with Crippen molar-refractivity contribution in [2.24, 2.45) is 0 Å². The maximum absolute atomic E-state index is 8.86. The van der Waals surface area contributed by atoms with Crippen molar-refractivity contribution in [2.75, 3.05) is 13.2 Å². The fourth-order valence-corrected chi connectivity index (χ4v) is 2.35. The summed E-state index contributed by atoms with van der Waals surface area (Å²) in [6, 6.07) is 0.168.